The lowest BCUT2D eigenvalue weighted by atomic mass is 9.98. The summed E-state index contributed by atoms with van der Waals surface area (Å²) in [4.78, 5) is 16.6. The fourth-order valence-electron chi connectivity index (χ4n) is 3.09. The van der Waals surface area contributed by atoms with Crippen LogP contribution in [0.15, 0.2) is 59.1 Å². The van der Waals surface area contributed by atoms with Crippen molar-refractivity contribution in [2.24, 2.45) is 5.92 Å². The molecule has 0 saturated heterocycles. The molecule has 0 aliphatic rings. The van der Waals surface area contributed by atoms with Crippen LogP contribution in [0, 0.1) is 5.92 Å². The van der Waals surface area contributed by atoms with Crippen LogP contribution < -0.4 is 10.1 Å². The first-order valence-corrected chi connectivity index (χ1v) is 10.1. The molecular formula is C23H27N3O5. The number of hydrogen-bond acceptors (Lipinski definition) is 7. The van der Waals surface area contributed by atoms with E-state index in [4.69, 9.17) is 14.0 Å². The van der Waals surface area contributed by atoms with Gasteiger partial charge < -0.3 is 24.4 Å². The number of nitrogens with one attached hydrogen (secondary N) is 1. The second kappa shape index (κ2) is 10.6. The number of benzene rings is 2. The first kappa shape index (κ1) is 22.3. The Kier molecular flexibility index (Phi) is 7.61. The Morgan fingerprint density at radius 1 is 1.13 bits per heavy atom. The topological polar surface area (TPSA) is 107 Å². The van der Waals surface area contributed by atoms with Gasteiger partial charge in [-0.15, -0.1) is 0 Å². The molecule has 2 atom stereocenters. The highest BCUT2D eigenvalue weighted by atomic mass is 16.5. The molecule has 0 spiro atoms. The Bertz CT molecular complexity index is 974. The number of amides is 1. The van der Waals surface area contributed by atoms with E-state index in [0.29, 0.717) is 12.3 Å². The predicted molar refractivity (Wildman–Crippen MR) is 113 cm³/mol. The summed E-state index contributed by atoms with van der Waals surface area (Å²) in [6, 6.07) is 16.2. The summed E-state index contributed by atoms with van der Waals surface area (Å²) in [5.74, 6) is 1.10. The van der Waals surface area contributed by atoms with Gasteiger partial charge in [0.2, 0.25) is 11.7 Å². The molecule has 2 aromatic carbocycles. The third-order valence-electron chi connectivity index (χ3n) is 4.79. The van der Waals surface area contributed by atoms with E-state index >= 15 is 0 Å². The van der Waals surface area contributed by atoms with E-state index in [-0.39, 0.29) is 18.3 Å². The van der Waals surface area contributed by atoms with Gasteiger partial charge in [-0.2, -0.15) is 4.98 Å². The van der Waals surface area contributed by atoms with E-state index < -0.39 is 18.2 Å². The molecular weight excluding hydrogens is 398 g/mol. The van der Waals surface area contributed by atoms with Crippen molar-refractivity contribution in [1.82, 2.24) is 15.5 Å². The summed E-state index contributed by atoms with van der Waals surface area (Å²) in [7, 11) is 1.60. The number of carbonyl (C=O) groups is 1. The number of aliphatic hydroxyl groups is 1. The SMILES string of the molecule is COc1cccc(Cc2nc(C(O)[C@@H](NC(=O)OCc3ccccc3)C(C)C)no2)c1. The zero-order valence-electron chi connectivity index (χ0n) is 17.8. The number of methoxy groups -OCH3 is 1. The van der Waals surface area contributed by atoms with Crippen LogP contribution in [-0.4, -0.2) is 34.5 Å². The molecule has 1 unspecified atom stereocenters. The third kappa shape index (κ3) is 6.29. The van der Waals surface area contributed by atoms with Gasteiger partial charge in [0.05, 0.1) is 19.6 Å². The number of carbonyl (C=O) groups excluding carboxylic acids is 1. The number of alkyl carbamates (subject to hydrolysis) is 1. The molecule has 1 heterocycles. The van der Waals surface area contributed by atoms with Crippen molar-refractivity contribution in [3.05, 3.63) is 77.4 Å². The monoisotopic (exact) mass is 425 g/mol. The van der Waals surface area contributed by atoms with Crippen LogP contribution in [0.5, 0.6) is 5.75 Å². The lowest BCUT2D eigenvalue weighted by Gasteiger charge is -2.25. The molecule has 3 rings (SSSR count). The number of nitrogens with zero attached hydrogens (tertiary/aromatic N) is 2. The van der Waals surface area contributed by atoms with Crippen LogP contribution in [0.1, 0.15) is 42.8 Å². The van der Waals surface area contributed by atoms with Crippen LogP contribution in [0.25, 0.3) is 0 Å². The molecule has 3 aromatic rings. The number of ether oxygens (including phenoxy) is 2. The van der Waals surface area contributed by atoms with Gasteiger partial charge in [0.25, 0.3) is 0 Å². The largest absolute Gasteiger partial charge is 0.497 e. The summed E-state index contributed by atoms with van der Waals surface area (Å²) in [5.41, 5.74) is 1.81. The summed E-state index contributed by atoms with van der Waals surface area (Å²) in [6.45, 7) is 3.89. The minimum Gasteiger partial charge on any atom is -0.497 e. The predicted octanol–water partition coefficient (Wildman–Crippen LogP) is 3.65. The summed E-state index contributed by atoms with van der Waals surface area (Å²) in [6.07, 6.45) is -1.37. The van der Waals surface area contributed by atoms with Gasteiger partial charge in [-0.25, -0.2) is 4.79 Å². The van der Waals surface area contributed by atoms with Crippen molar-refractivity contribution in [3.63, 3.8) is 0 Å². The minimum atomic E-state index is -1.15. The van der Waals surface area contributed by atoms with Crippen LogP contribution in [0.3, 0.4) is 0 Å². The molecule has 0 aliphatic carbocycles. The Balaban J connectivity index is 1.61. The van der Waals surface area contributed by atoms with Crippen molar-refractivity contribution in [1.29, 1.82) is 0 Å². The Hall–Kier alpha value is -3.39. The molecule has 1 aromatic heterocycles. The molecule has 8 nitrogen and oxygen atoms in total. The zero-order valence-corrected chi connectivity index (χ0v) is 17.8. The van der Waals surface area contributed by atoms with Crippen molar-refractivity contribution in [2.45, 2.75) is 39.0 Å². The van der Waals surface area contributed by atoms with Crippen LogP contribution >= 0.6 is 0 Å². The molecule has 0 radical (unpaired) electrons. The van der Waals surface area contributed by atoms with Gasteiger partial charge in [-0.05, 0) is 29.2 Å². The maximum Gasteiger partial charge on any atom is 0.407 e. The molecule has 2 N–H and O–H groups in total. The first-order valence-electron chi connectivity index (χ1n) is 10.1. The molecule has 1 amide bonds. The lowest BCUT2D eigenvalue weighted by molar-refractivity contribution is 0.0796. The Morgan fingerprint density at radius 3 is 2.58 bits per heavy atom. The number of hydrogen-bond donors (Lipinski definition) is 2. The van der Waals surface area contributed by atoms with E-state index in [2.05, 4.69) is 15.5 Å². The van der Waals surface area contributed by atoms with E-state index in [1.807, 2.05) is 68.4 Å². The average molecular weight is 425 g/mol. The maximum atomic E-state index is 12.3. The second-order valence-corrected chi connectivity index (χ2v) is 7.50. The quantitative estimate of drug-likeness (QED) is 0.539. The van der Waals surface area contributed by atoms with Crippen molar-refractivity contribution < 1.29 is 23.9 Å². The minimum absolute atomic E-state index is 0.0976. The molecule has 0 saturated carbocycles. The van der Waals surface area contributed by atoms with E-state index in [1.54, 1.807) is 7.11 Å². The summed E-state index contributed by atoms with van der Waals surface area (Å²) < 4.78 is 15.8. The van der Waals surface area contributed by atoms with E-state index in [1.165, 1.54) is 0 Å². The van der Waals surface area contributed by atoms with Gasteiger partial charge in [0, 0.05) is 0 Å². The fourth-order valence-corrected chi connectivity index (χ4v) is 3.09. The summed E-state index contributed by atoms with van der Waals surface area (Å²) >= 11 is 0. The van der Waals surface area contributed by atoms with Crippen molar-refractivity contribution in [3.8, 4) is 5.75 Å². The first-order chi connectivity index (χ1) is 15.0. The number of aliphatic hydroxyl groups excluding tert-OH is 1. The smallest absolute Gasteiger partial charge is 0.407 e. The highest BCUT2D eigenvalue weighted by molar-refractivity contribution is 5.67. The molecule has 8 heteroatoms. The summed E-state index contributed by atoms with van der Waals surface area (Å²) in [5, 5.41) is 17.4. The zero-order chi connectivity index (χ0) is 22.2. The number of aromatic nitrogens is 2. The van der Waals surface area contributed by atoms with Crippen molar-refractivity contribution >= 4 is 6.09 Å². The van der Waals surface area contributed by atoms with Gasteiger partial charge in [-0.3, -0.25) is 0 Å². The van der Waals surface area contributed by atoms with E-state index in [9.17, 15) is 9.90 Å². The standard InChI is InChI=1S/C23H27N3O5/c1-15(2)20(25-23(28)30-14-16-8-5-4-6-9-16)21(27)22-24-19(31-26-22)13-17-10-7-11-18(12-17)29-3/h4-12,15,20-21,27H,13-14H2,1-3H3,(H,25,28)/t20-,21?/m0/s1. The molecule has 0 fully saturated rings. The van der Waals surface area contributed by atoms with Gasteiger partial charge in [-0.1, -0.05) is 61.5 Å². The highest BCUT2D eigenvalue weighted by Gasteiger charge is 2.30. The highest BCUT2D eigenvalue weighted by Crippen LogP contribution is 2.21. The molecule has 0 aliphatic heterocycles. The van der Waals surface area contributed by atoms with Crippen LogP contribution in [0.4, 0.5) is 4.79 Å². The Labute approximate surface area is 181 Å². The number of rotatable bonds is 9. The Morgan fingerprint density at radius 2 is 1.87 bits per heavy atom. The lowest BCUT2D eigenvalue weighted by Crippen LogP contribution is -2.43. The van der Waals surface area contributed by atoms with E-state index in [0.717, 1.165) is 16.9 Å². The molecule has 164 valence electrons. The molecule has 0 bridgehead atoms. The van der Waals surface area contributed by atoms with Crippen LogP contribution in [0.2, 0.25) is 0 Å². The maximum absolute atomic E-state index is 12.3. The van der Waals surface area contributed by atoms with Crippen LogP contribution in [-0.2, 0) is 17.8 Å². The third-order valence-corrected chi connectivity index (χ3v) is 4.79. The normalized spacial score (nSPS) is 12.9. The molecule has 31 heavy (non-hydrogen) atoms. The van der Waals surface area contributed by atoms with Gasteiger partial charge in [0.15, 0.2) is 0 Å². The second-order valence-electron chi connectivity index (χ2n) is 7.50. The van der Waals surface area contributed by atoms with Gasteiger partial charge >= 0.3 is 6.09 Å². The van der Waals surface area contributed by atoms with Crippen molar-refractivity contribution in [2.75, 3.05) is 7.11 Å². The fraction of sp³-hybridized carbons (Fsp3) is 0.348. The van der Waals surface area contributed by atoms with Gasteiger partial charge in [0.1, 0.15) is 18.5 Å². The average Bonchev–Trinajstić information content (AvgIpc) is 3.24.